The van der Waals surface area contributed by atoms with Crippen LogP contribution in [0.15, 0.2) is 48.5 Å². The van der Waals surface area contributed by atoms with Crippen molar-refractivity contribution in [2.45, 2.75) is 26.7 Å². The van der Waals surface area contributed by atoms with Crippen molar-refractivity contribution in [3.05, 3.63) is 65.2 Å². The predicted octanol–water partition coefficient (Wildman–Crippen LogP) is 5.12. The third kappa shape index (κ3) is 2.35. The van der Waals surface area contributed by atoms with Crippen molar-refractivity contribution >= 4 is 6.08 Å². The zero-order valence-corrected chi connectivity index (χ0v) is 11.7. The molecule has 1 aliphatic rings. The second kappa shape index (κ2) is 5.05. The number of hydrogen-bond donors (Lipinski definition) is 0. The minimum Gasteiger partial charge on any atom is -0.0795 e. The summed E-state index contributed by atoms with van der Waals surface area (Å²) in [7, 11) is 0. The third-order valence-electron chi connectivity index (χ3n) is 3.75. The van der Waals surface area contributed by atoms with E-state index in [1.54, 1.807) is 0 Å². The number of fused-ring (bicyclic) bond motifs is 1. The van der Waals surface area contributed by atoms with Gasteiger partial charge in [0.1, 0.15) is 0 Å². The molecule has 0 radical (unpaired) electrons. The van der Waals surface area contributed by atoms with Gasteiger partial charge in [-0.25, -0.2) is 0 Å². The molecular weight excluding hydrogens is 228 g/mol. The van der Waals surface area contributed by atoms with Gasteiger partial charge in [-0.05, 0) is 46.6 Å². The fraction of sp³-hybridized carbons (Fsp3) is 0.263. The first kappa shape index (κ1) is 12.2. The molecule has 0 atom stereocenters. The van der Waals surface area contributed by atoms with E-state index in [-0.39, 0.29) is 0 Å². The molecule has 2 aromatic rings. The minimum absolute atomic E-state index is 0.688. The highest BCUT2D eigenvalue weighted by atomic mass is 14.2. The Balaban J connectivity index is 2.13. The summed E-state index contributed by atoms with van der Waals surface area (Å²) in [4.78, 5) is 0. The molecule has 2 aromatic carbocycles. The van der Waals surface area contributed by atoms with Crippen molar-refractivity contribution in [1.82, 2.24) is 0 Å². The van der Waals surface area contributed by atoms with Crippen LogP contribution in [-0.4, -0.2) is 0 Å². The van der Waals surface area contributed by atoms with Crippen LogP contribution in [0.5, 0.6) is 0 Å². The van der Waals surface area contributed by atoms with Crippen LogP contribution < -0.4 is 0 Å². The highest BCUT2D eigenvalue weighted by Crippen LogP contribution is 2.33. The van der Waals surface area contributed by atoms with Crippen molar-refractivity contribution in [2.24, 2.45) is 5.92 Å². The normalized spacial score (nSPS) is 13.0. The maximum absolute atomic E-state index is 2.28. The van der Waals surface area contributed by atoms with E-state index >= 15 is 0 Å². The van der Waals surface area contributed by atoms with Crippen LogP contribution >= 0.6 is 0 Å². The van der Waals surface area contributed by atoms with Crippen LogP contribution in [0.1, 0.15) is 30.5 Å². The molecule has 1 aliphatic carbocycles. The Morgan fingerprint density at radius 1 is 0.947 bits per heavy atom. The van der Waals surface area contributed by atoms with Gasteiger partial charge in [0.2, 0.25) is 0 Å². The molecule has 96 valence electrons. The monoisotopic (exact) mass is 248 g/mol. The fourth-order valence-electron chi connectivity index (χ4n) is 2.93. The van der Waals surface area contributed by atoms with E-state index in [0.717, 1.165) is 12.8 Å². The highest BCUT2D eigenvalue weighted by molar-refractivity contribution is 5.81. The second-order valence-electron chi connectivity index (χ2n) is 5.74. The molecule has 0 aliphatic heterocycles. The first-order valence-corrected chi connectivity index (χ1v) is 7.12. The highest BCUT2D eigenvalue weighted by Gasteiger charge is 2.13. The summed E-state index contributed by atoms with van der Waals surface area (Å²) in [5, 5.41) is 0. The lowest BCUT2D eigenvalue weighted by atomic mass is 9.90. The summed E-state index contributed by atoms with van der Waals surface area (Å²) in [6.07, 6.45) is 6.76. The lowest BCUT2D eigenvalue weighted by Crippen LogP contribution is -1.98. The third-order valence-corrected chi connectivity index (χ3v) is 3.75. The van der Waals surface area contributed by atoms with Gasteiger partial charge >= 0.3 is 0 Å². The van der Waals surface area contributed by atoms with Crippen molar-refractivity contribution in [2.75, 3.05) is 0 Å². The van der Waals surface area contributed by atoms with Gasteiger partial charge in [0.15, 0.2) is 0 Å². The van der Waals surface area contributed by atoms with Crippen molar-refractivity contribution < 1.29 is 0 Å². The number of allylic oxidation sites excluding steroid dienone is 1. The molecule has 0 saturated carbocycles. The number of rotatable bonds is 3. The van der Waals surface area contributed by atoms with E-state index in [1.165, 1.54) is 27.8 Å². The summed E-state index contributed by atoms with van der Waals surface area (Å²) >= 11 is 0. The van der Waals surface area contributed by atoms with Crippen molar-refractivity contribution in [3.8, 4) is 11.1 Å². The molecule has 0 aromatic heterocycles. The van der Waals surface area contributed by atoms with E-state index in [1.807, 2.05) is 0 Å². The Kier molecular flexibility index (Phi) is 3.25. The van der Waals surface area contributed by atoms with E-state index in [9.17, 15) is 0 Å². The average Bonchev–Trinajstić information content (AvgIpc) is 2.87. The molecule has 0 unspecified atom stereocenters. The largest absolute Gasteiger partial charge is 0.0795 e. The Morgan fingerprint density at radius 2 is 1.74 bits per heavy atom. The molecule has 0 heterocycles. The van der Waals surface area contributed by atoms with Gasteiger partial charge in [-0.3, -0.25) is 0 Å². The molecule has 0 bridgehead atoms. The van der Waals surface area contributed by atoms with Crippen molar-refractivity contribution in [1.29, 1.82) is 0 Å². The number of hydrogen-bond acceptors (Lipinski definition) is 0. The van der Waals surface area contributed by atoms with Crippen LogP contribution in [0, 0.1) is 5.92 Å². The lowest BCUT2D eigenvalue weighted by molar-refractivity contribution is 0.648. The van der Waals surface area contributed by atoms with E-state index in [0.29, 0.717) is 5.92 Å². The van der Waals surface area contributed by atoms with Gasteiger partial charge in [0, 0.05) is 0 Å². The molecule has 0 nitrogen and oxygen atoms in total. The second-order valence-corrected chi connectivity index (χ2v) is 5.74. The SMILES string of the molecule is CC(C)Cc1ccccc1-c1cccc2c1C=CC2. The topological polar surface area (TPSA) is 0 Å². The maximum Gasteiger partial charge on any atom is -0.00879 e. The molecule has 0 N–H and O–H groups in total. The molecule has 0 heteroatoms. The van der Waals surface area contributed by atoms with Crippen LogP contribution in [0.4, 0.5) is 0 Å². The Hall–Kier alpha value is -1.82. The summed E-state index contributed by atoms with van der Waals surface area (Å²) < 4.78 is 0. The average molecular weight is 248 g/mol. The summed E-state index contributed by atoms with van der Waals surface area (Å²) in [5.74, 6) is 0.688. The van der Waals surface area contributed by atoms with Gasteiger partial charge < -0.3 is 0 Å². The van der Waals surface area contributed by atoms with Gasteiger partial charge in [-0.2, -0.15) is 0 Å². The van der Waals surface area contributed by atoms with Gasteiger partial charge in [0.05, 0.1) is 0 Å². The maximum atomic E-state index is 2.28. The first-order chi connectivity index (χ1) is 9.25. The quantitative estimate of drug-likeness (QED) is 0.707. The Morgan fingerprint density at radius 3 is 2.58 bits per heavy atom. The van der Waals surface area contributed by atoms with Gasteiger partial charge in [-0.15, -0.1) is 0 Å². The van der Waals surface area contributed by atoms with E-state index < -0.39 is 0 Å². The number of benzene rings is 2. The summed E-state index contributed by atoms with van der Waals surface area (Å²) in [6.45, 7) is 4.57. The smallest absolute Gasteiger partial charge is 0.00879 e. The fourth-order valence-corrected chi connectivity index (χ4v) is 2.93. The molecule has 0 amide bonds. The van der Waals surface area contributed by atoms with Crippen LogP contribution in [0.3, 0.4) is 0 Å². The summed E-state index contributed by atoms with van der Waals surface area (Å²) in [6, 6.07) is 15.5. The molecule has 0 saturated heterocycles. The molecule has 0 fully saturated rings. The van der Waals surface area contributed by atoms with Gasteiger partial charge in [0.25, 0.3) is 0 Å². The zero-order valence-electron chi connectivity index (χ0n) is 11.7. The molecule has 19 heavy (non-hydrogen) atoms. The Bertz CT molecular complexity index is 618. The predicted molar refractivity (Wildman–Crippen MR) is 83.2 cm³/mol. The lowest BCUT2D eigenvalue weighted by Gasteiger charge is -2.14. The van der Waals surface area contributed by atoms with Crippen LogP contribution in [-0.2, 0) is 12.8 Å². The standard InChI is InChI=1S/C19H20/c1-14(2)13-16-7-3-4-10-18(16)19-12-6-9-15-8-5-11-17(15)19/h3-7,9-12,14H,8,13H2,1-2H3. The zero-order chi connectivity index (χ0) is 13.2. The molecule has 0 spiro atoms. The van der Waals surface area contributed by atoms with Crippen LogP contribution in [0.25, 0.3) is 17.2 Å². The minimum atomic E-state index is 0.688. The Labute approximate surface area is 115 Å². The van der Waals surface area contributed by atoms with Crippen LogP contribution in [0.2, 0.25) is 0 Å². The summed E-state index contributed by atoms with van der Waals surface area (Å²) in [5.41, 5.74) is 7.13. The van der Waals surface area contributed by atoms with Crippen molar-refractivity contribution in [3.63, 3.8) is 0 Å². The van der Waals surface area contributed by atoms with E-state index in [2.05, 4.69) is 68.5 Å². The van der Waals surface area contributed by atoms with E-state index in [4.69, 9.17) is 0 Å². The molecule has 3 rings (SSSR count). The molecular formula is C19H20. The first-order valence-electron chi connectivity index (χ1n) is 7.12. The van der Waals surface area contributed by atoms with Gasteiger partial charge in [-0.1, -0.05) is 68.5 Å².